The Balaban J connectivity index is 0.000000109. The molecule has 8 heterocycles. The maximum Gasteiger partial charge on any atom is 0.295 e. The number of rotatable bonds is 13. The van der Waals surface area contributed by atoms with E-state index in [9.17, 15) is 0 Å². The monoisotopic (exact) mass is 1840 g/mol. The summed E-state index contributed by atoms with van der Waals surface area (Å²) in [5, 5.41) is 6.90. The summed E-state index contributed by atoms with van der Waals surface area (Å²) in [7, 11) is 8.70. The van der Waals surface area contributed by atoms with Gasteiger partial charge in [-0.05, 0) is 256 Å². The lowest BCUT2D eigenvalue weighted by molar-refractivity contribution is -0.634. The van der Waals surface area contributed by atoms with E-state index in [0.29, 0.717) is 11.8 Å². The van der Waals surface area contributed by atoms with Crippen LogP contribution in [0.4, 0.5) is 0 Å². The van der Waals surface area contributed by atoms with E-state index in [1.807, 2.05) is 0 Å². The number of fused-ring (bicyclic) bond motifs is 9. The van der Waals surface area contributed by atoms with Crippen molar-refractivity contribution in [2.24, 2.45) is 28.2 Å². The minimum absolute atomic E-state index is 0.355. The number of thiazole rings is 4. The minimum Gasteiger partial charge on any atom is -0.242 e. The first-order valence-electron chi connectivity index (χ1n) is 46.6. The zero-order valence-electron chi connectivity index (χ0n) is 79.5. The molecular formula is C120H106N12S4+4. The average Bonchev–Trinajstić information content (AvgIpc) is 1.57. The quantitative estimate of drug-likeness (QED) is 0.108. The van der Waals surface area contributed by atoms with Gasteiger partial charge in [-0.3, -0.25) is 0 Å². The zero-order chi connectivity index (χ0) is 93.6. The van der Waals surface area contributed by atoms with Crippen molar-refractivity contribution in [1.29, 1.82) is 0 Å². The first-order valence-corrected chi connectivity index (χ1v) is 49.9. The van der Waals surface area contributed by atoms with Crippen molar-refractivity contribution in [3.63, 3.8) is 0 Å². The van der Waals surface area contributed by atoms with E-state index in [2.05, 4.69) is 488 Å². The van der Waals surface area contributed by atoms with Crippen molar-refractivity contribution >= 4 is 141 Å². The third-order valence-corrected chi connectivity index (χ3v) is 30.3. The van der Waals surface area contributed by atoms with Crippen LogP contribution < -0.4 is 18.3 Å². The van der Waals surface area contributed by atoms with E-state index in [1.54, 1.807) is 45.3 Å². The van der Waals surface area contributed by atoms with Gasteiger partial charge in [0, 0.05) is 22.1 Å². The minimum atomic E-state index is 0.355. The SMILES string of the molecule is Cc1nc2cc(C)c(-c3n(-c4c(C(C)C)cc(-c5ccccc5)cc4C(C)C)c4ccccc4[n+]3C)cc2s1.Cc1nc2cc(C)c(-c3n(-c4ccc(-c5ccccc5)cc4)c4ccccc4[n+]3C)cc2s1.Cc1nc2cc(C)c(-c3n(-c4cccc5ccccc45)c4ccccc4[n+]3C)cc2s1.Cc1nc2cc(C)c(-c3n(-c4ccccc4-c4ccccc4)c4ccccc4[n+]3C)cc2s1. The number of hydrogen-bond donors (Lipinski definition) is 0. The fourth-order valence-electron chi connectivity index (χ4n) is 20.2. The van der Waals surface area contributed by atoms with E-state index >= 15 is 0 Å². The van der Waals surface area contributed by atoms with Crippen molar-refractivity contribution in [3.05, 3.63) is 393 Å². The fraction of sp³-hybridized carbons (Fsp3) is 0.150. The molecule has 0 fully saturated rings. The molecule has 0 aliphatic rings. The number of hydrogen-bond acceptors (Lipinski definition) is 8. The summed E-state index contributed by atoms with van der Waals surface area (Å²) in [6.07, 6.45) is 0. The molecule has 0 unspecified atom stereocenters. The van der Waals surface area contributed by atoms with Gasteiger partial charge in [-0.1, -0.05) is 234 Å². The van der Waals surface area contributed by atoms with Crippen molar-refractivity contribution in [2.75, 3.05) is 0 Å². The van der Waals surface area contributed by atoms with E-state index in [0.717, 1.165) is 47.8 Å². The first-order chi connectivity index (χ1) is 66.1. The highest BCUT2D eigenvalue weighted by Crippen LogP contribution is 2.45. The third-order valence-electron chi connectivity index (χ3n) is 26.6. The number of aryl methyl sites for hydroxylation is 12. The van der Waals surface area contributed by atoms with Gasteiger partial charge >= 0.3 is 0 Å². The largest absolute Gasteiger partial charge is 0.295 e. The molecule has 16 aromatic carbocycles. The van der Waals surface area contributed by atoms with E-state index in [4.69, 9.17) is 19.9 Å². The van der Waals surface area contributed by atoms with Crippen LogP contribution in [0, 0.1) is 55.4 Å². The van der Waals surface area contributed by atoms with Gasteiger partial charge in [-0.2, -0.15) is 18.3 Å². The average molecular weight is 1840 g/mol. The Kier molecular flexibility index (Phi) is 23.4. The Hall–Kier alpha value is -14.8. The molecule has 0 bridgehead atoms. The summed E-state index contributed by atoms with van der Waals surface area (Å²) in [6, 6.07) is 122. The molecule has 136 heavy (non-hydrogen) atoms. The molecule has 24 rings (SSSR count). The predicted octanol–water partition coefficient (Wildman–Crippen LogP) is 29.8. The number of benzene rings is 16. The third kappa shape index (κ3) is 15.9. The molecule has 0 aliphatic heterocycles. The second-order valence-electron chi connectivity index (χ2n) is 36.3. The summed E-state index contributed by atoms with van der Waals surface area (Å²) in [5.41, 5.74) is 38.9. The van der Waals surface area contributed by atoms with Crippen LogP contribution in [0.15, 0.2) is 340 Å². The lowest BCUT2D eigenvalue weighted by Gasteiger charge is -2.21. The normalized spacial score (nSPS) is 11.7. The van der Waals surface area contributed by atoms with Crippen LogP contribution in [0.25, 0.3) is 197 Å². The van der Waals surface area contributed by atoms with E-state index < -0.39 is 0 Å². The molecule has 0 atom stereocenters. The van der Waals surface area contributed by atoms with Gasteiger partial charge in [0.1, 0.15) is 22.7 Å². The van der Waals surface area contributed by atoms with Crippen LogP contribution in [0.2, 0.25) is 0 Å². The van der Waals surface area contributed by atoms with Gasteiger partial charge in [-0.25, -0.2) is 38.2 Å². The van der Waals surface area contributed by atoms with Gasteiger partial charge in [0.05, 0.1) is 111 Å². The summed E-state index contributed by atoms with van der Waals surface area (Å²) in [5.74, 6) is 5.45. The summed E-state index contributed by atoms with van der Waals surface area (Å²) >= 11 is 7.04. The highest BCUT2D eigenvalue weighted by Gasteiger charge is 2.36. The lowest BCUT2D eigenvalue weighted by Crippen LogP contribution is -2.30. The maximum absolute atomic E-state index is 4.77. The van der Waals surface area contributed by atoms with Gasteiger partial charge < -0.3 is 0 Å². The van der Waals surface area contributed by atoms with E-state index in [1.165, 1.54) is 203 Å². The van der Waals surface area contributed by atoms with E-state index in [-0.39, 0.29) is 0 Å². The Morgan fingerprint density at radius 2 is 0.551 bits per heavy atom. The topological polar surface area (TPSA) is 86.8 Å². The van der Waals surface area contributed by atoms with Crippen molar-refractivity contribution in [3.8, 4) is 102 Å². The Morgan fingerprint density at radius 3 is 0.963 bits per heavy atom. The first kappa shape index (κ1) is 87.8. The second kappa shape index (κ2) is 36.2. The zero-order valence-corrected chi connectivity index (χ0v) is 82.8. The van der Waals surface area contributed by atoms with Crippen LogP contribution in [-0.2, 0) is 28.2 Å². The molecule has 16 heteroatoms. The summed E-state index contributed by atoms with van der Waals surface area (Å²) in [4.78, 5) is 18.9. The van der Waals surface area contributed by atoms with Gasteiger partial charge in [-0.15, -0.1) is 45.3 Å². The van der Waals surface area contributed by atoms with Crippen molar-refractivity contribution in [2.45, 2.75) is 94.9 Å². The van der Waals surface area contributed by atoms with Crippen LogP contribution in [-0.4, -0.2) is 38.2 Å². The number of nitrogens with zero attached hydrogens (tertiary/aromatic N) is 12. The highest BCUT2D eigenvalue weighted by molar-refractivity contribution is 7.19. The molecule has 24 aromatic rings. The van der Waals surface area contributed by atoms with Gasteiger partial charge in [0.2, 0.25) is 0 Å². The van der Waals surface area contributed by atoms with Crippen LogP contribution in [0.1, 0.15) is 92.9 Å². The van der Waals surface area contributed by atoms with Crippen LogP contribution >= 0.6 is 45.3 Å². The molecule has 0 N–H and O–H groups in total. The molecule has 8 aromatic heterocycles. The maximum atomic E-state index is 4.77. The lowest BCUT2D eigenvalue weighted by atomic mass is 9.88. The number of aromatic nitrogens is 12. The Morgan fingerprint density at radius 1 is 0.250 bits per heavy atom. The standard InChI is InChI=1S/C35H36N3S.2C29H24N3S.C27H22N3S/c1-21(2)27-18-26(25-13-9-8-10-14-25)19-28(22(3)4)34(27)38-32-16-12-11-15-31(32)37(7)35(38)29-20-33-30(17-23(29)5)36-24(6)39-33;1-19-17-24-28(33-20(2)30-24)18-23(19)29-31(3)26-15-9-10-16-27(26)32(29)25-14-8-7-13-22(25)21-11-5-4-6-12-21;1-19-17-25-28(33-20(2)30-25)18-24(19)29-31(3)26-11-7-8-12-27(26)32(29)23-15-13-22(14-16-23)21-9-5-4-6-10-21;1-17-15-22-26(31-18(2)28-22)16-21(17)27-29(3)24-12-6-7-13-25(24)30(27)23-14-8-10-19-9-4-5-11-20(19)23/h8-22H,1-7H3;2*4-18H,1-3H3;4-16H,1-3H3/q4*+1. The fourth-order valence-corrected chi connectivity index (χ4v) is 23.6. The number of para-hydroxylation sites is 9. The van der Waals surface area contributed by atoms with Gasteiger partial charge in [0.25, 0.3) is 23.3 Å². The molecule has 0 spiro atoms. The van der Waals surface area contributed by atoms with Crippen molar-refractivity contribution in [1.82, 2.24) is 38.2 Å². The highest BCUT2D eigenvalue weighted by atomic mass is 32.1. The molecular weight excluding hydrogens is 1740 g/mol. The smallest absolute Gasteiger partial charge is 0.242 e. The molecule has 0 saturated heterocycles. The van der Waals surface area contributed by atoms with Gasteiger partial charge in [0.15, 0.2) is 44.1 Å². The molecule has 0 saturated carbocycles. The van der Waals surface area contributed by atoms with Crippen LogP contribution in [0.5, 0.6) is 0 Å². The van der Waals surface area contributed by atoms with Crippen LogP contribution in [0.3, 0.4) is 0 Å². The number of imidazole rings is 4. The molecule has 12 nitrogen and oxygen atoms in total. The summed E-state index contributed by atoms with van der Waals surface area (Å²) in [6.45, 7) is 26.4. The Labute approximate surface area is 809 Å². The second-order valence-corrected chi connectivity index (χ2v) is 41.2. The summed E-state index contributed by atoms with van der Waals surface area (Å²) < 4.78 is 24.0. The molecule has 0 aliphatic carbocycles. The van der Waals surface area contributed by atoms with Crippen molar-refractivity contribution < 1.29 is 18.3 Å². The molecule has 0 radical (unpaired) electrons. The molecule has 666 valence electrons. The molecule has 0 amide bonds. The predicted molar refractivity (Wildman–Crippen MR) is 572 cm³/mol. The Bertz CT molecular complexity index is 8720.